The van der Waals surface area contributed by atoms with E-state index in [2.05, 4.69) is 12.6 Å². The third-order valence-corrected chi connectivity index (χ3v) is 5.37. The van der Waals surface area contributed by atoms with Gasteiger partial charge in [0.15, 0.2) is 0 Å². The molecule has 0 spiro atoms. The van der Waals surface area contributed by atoms with Crippen molar-refractivity contribution in [1.29, 1.82) is 0 Å². The van der Waals surface area contributed by atoms with Gasteiger partial charge in [0.1, 0.15) is 11.6 Å². The van der Waals surface area contributed by atoms with Gasteiger partial charge in [0.25, 0.3) is 0 Å². The maximum Gasteiger partial charge on any atom is 0.226 e. The SMILES string of the molecule is C=C(c1cccc(C)c1OC)C1CCN(C(=O)Cc2ccc(F)cc2)CC1. The molecule has 0 saturated carbocycles. The van der Waals surface area contributed by atoms with Crippen LogP contribution in [-0.2, 0) is 11.2 Å². The summed E-state index contributed by atoms with van der Waals surface area (Å²) in [7, 11) is 1.69. The highest BCUT2D eigenvalue weighted by atomic mass is 19.1. The Morgan fingerprint density at radius 3 is 2.48 bits per heavy atom. The zero-order chi connectivity index (χ0) is 19.4. The molecule has 0 radical (unpaired) electrons. The molecule has 1 saturated heterocycles. The summed E-state index contributed by atoms with van der Waals surface area (Å²) in [5.41, 5.74) is 4.09. The summed E-state index contributed by atoms with van der Waals surface area (Å²) in [6.45, 7) is 7.80. The van der Waals surface area contributed by atoms with Crippen molar-refractivity contribution in [2.45, 2.75) is 26.2 Å². The maximum atomic E-state index is 13.0. The standard InChI is InChI=1S/C23H26FNO2/c1-16-5-4-6-21(23(16)27-3)17(2)19-11-13-25(14-12-19)22(26)15-18-7-9-20(24)10-8-18/h4-10,19H,2,11-15H2,1,3H3. The molecule has 1 amide bonds. The first-order valence-corrected chi connectivity index (χ1v) is 9.34. The van der Waals surface area contributed by atoms with Gasteiger partial charge in [-0.1, -0.05) is 36.9 Å². The first kappa shape index (κ1) is 19.2. The molecule has 1 heterocycles. The summed E-state index contributed by atoms with van der Waals surface area (Å²) in [4.78, 5) is 14.4. The number of hydrogen-bond acceptors (Lipinski definition) is 2. The molecule has 0 atom stereocenters. The molecule has 3 nitrogen and oxygen atoms in total. The second-order valence-electron chi connectivity index (χ2n) is 7.14. The molecule has 27 heavy (non-hydrogen) atoms. The van der Waals surface area contributed by atoms with E-state index in [9.17, 15) is 9.18 Å². The highest BCUT2D eigenvalue weighted by Crippen LogP contribution is 2.36. The molecule has 3 rings (SSSR count). The fourth-order valence-electron chi connectivity index (χ4n) is 3.76. The smallest absolute Gasteiger partial charge is 0.226 e. The Morgan fingerprint density at radius 1 is 1.19 bits per heavy atom. The molecule has 1 aliphatic rings. The number of allylic oxidation sites excluding steroid dienone is 1. The molecule has 0 unspecified atom stereocenters. The van der Waals surface area contributed by atoms with Crippen LogP contribution in [0.4, 0.5) is 4.39 Å². The van der Waals surface area contributed by atoms with Crippen LogP contribution in [0.15, 0.2) is 49.0 Å². The van der Waals surface area contributed by atoms with E-state index in [0.29, 0.717) is 12.3 Å². The number of benzene rings is 2. The molecule has 0 aromatic heterocycles. The number of rotatable bonds is 5. The number of methoxy groups -OCH3 is 1. The highest BCUT2D eigenvalue weighted by molar-refractivity contribution is 5.79. The van der Waals surface area contributed by atoms with Crippen molar-refractivity contribution in [3.8, 4) is 5.75 Å². The lowest BCUT2D eigenvalue weighted by atomic mass is 9.85. The Bertz CT molecular complexity index is 821. The Kier molecular flexibility index (Phi) is 5.94. The van der Waals surface area contributed by atoms with Crippen molar-refractivity contribution >= 4 is 11.5 Å². The van der Waals surface area contributed by atoms with Gasteiger partial charge in [0.05, 0.1) is 13.5 Å². The number of amides is 1. The zero-order valence-electron chi connectivity index (χ0n) is 16.0. The minimum absolute atomic E-state index is 0.0961. The predicted molar refractivity (Wildman–Crippen MR) is 106 cm³/mol. The lowest BCUT2D eigenvalue weighted by Gasteiger charge is -2.33. The van der Waals surface area contributed by atoms with E-state index in [1.807, 2.05) is 24.0 Å². The summed E-state index contributed by atoms with van der Waals surface area (Å²) in [5.74, 6) is 1.05. The number of ether oxygens (including phenoxy) is 1. The lowest BCUT2D eigenvalue weighted by molar-refractivity contribution is -0.131. The quantitative estimate of drug-likeness (QED) is 0.771. The van der Waals surface area contributed by atoms with Gasteiger partial charge in [-0.3, -0.25) is 4.79 Å². The van der Waals surface area contributed by atoms with Crippen molar-refractivity contribution < 1.29 is 13.9 Å². The number of likely N-dealkylation sites (tertiary alicyclic amines) is 1. The zero-order valence-corrected chi connectivity index (χ0v) is 16.0. The number of hydrogen-bond donors (Lipinski definition) is 0. The van der Waals surface area contributed by atoms with Crippen molar-refractivity contribution in [3.05, 3.63) is 71.6 Å². The third-order valence-electron chi connectivity index (χ3n) is 5.37. The molecule has 0 N–H and O–H groups in total. The molecule has 1 aliphatic heterocycles. The van der Waals surface area contributed by atoms with Gasteiger partial charge >= 0.3 is 0 Å². The molecular weight excluding hydrogens is 341 g/mol. The van der Waals surface area contributed by atoms with Crippen LogP contribution in [-0.4, -0.2) is 31.0 Å². The van der Waals surface area contributed by atoms with Crippen LogP contribution >= 0.6 is 0 Å². The fraction of sp³-hybridized carbons (Fsp3) is 0.348. The Hall–Kier alpha value is -2.62. The van der Waals surface area contributed by atoms with E-state index >= 15 is 0 Å². The van der Waals surface area contributed by atoms with Crippen LogP contribution in [0.1, 0.15) is 29.5 Å². The average Bonchev–Trinajstić information content (AvgIpc) is 2.69. The lowest BCUT2D eigenvalue weighted by Crippen LogP contribution is -2.39. The summed E-state index contributed by atoms with van der Waals surface area (Å²) in [6, 6.07) is 12.3. The number of carbonyl (C=O) groups is 1. The second-order valence-corrected chi connectivity index (χ2v) is 7.14. The third kappa shape index (κ3) is 4.38. The van der Waals surface area contributed by atoms with Gasteiger partial charge in [-0.25, -0.2) is 4.39 Å². The van der Waals surface area contributed by atoms with Gasteiger partial charge in [-0.05, 0) is 54.5 Å². The van der Waals surface area contributed by atoms with Crippen molar-refractivity contribution in [2.24, 2.45) is 5.92 Å². The molecular formula is C23H26FNO2. The Balaban J connectivity index is 1.60. The number of carbonyl (C=O) groups excluding carboxylic acids is 1. The second kappa shape index (κ2) is 8.38. The fourth-order valence-corrected chi connectivity index (χ4v) is 3.76. The number of halogens is 1. The summed E-state index contributed by atoms with van der Waals surface area (Å²) in [5, 5.41) is 0. The van der Waals surface area contributed by atoms with Crippen LogP contribution in [0.2, 0.25) is 0 Å². The maximum absolute atomic E-state index is 13.0. The largest absolute Gasteiger partial charge is 0.496 e. The summed E-state index contributed by atoms with van der Waals surface area (Å²) < 4.78 is 18.6. The van der Waals surface area contributed by atoms with Crippen LogP contribution in [0.3, 0.4) is 0 Å². The van der Waals surface area contributed by atoms with E-state index in [1.165, 1.54) is 12.1 Å². The van der Waals surface area contributed by atoms with Crippen LogP contribution in [0, 0.1) is 18.7 Å². The van der Waals surface area contributed by atoms with Crippen LogP contribution in [0.5, 0.6) is 5.75 Å². The monoisotopic (exact) mass is 367 g/mol. The van der Waals surface area contributed by atoms with E-state index in [4.69, 9.17) is 4.74 Å². The van der Waals surface area contributed by atoms with Crippen LogP contribution < -0.4 is 4.74 Å². The van der Waals surface area contributed by atoms with Crippen molar-refractivity contribution in [2.75, 3.05) is 20.2 Å². The number of nitrogens with zero attached hydrogens (tertiary/aromatic N) is 1. The van der Waals surface area contributed by atoms with Crippen molar-refractivity contribution in [1.82, 2.24) is 4.90 Å². The Morgan fingerprint density at radius 2 is 1.85 bits per heavy atom. The number of para-hydroxylation sites is 1. The van der Waals surface area contributed by atoms with Gasteiger partial charge in [0.2, 0.25) is 5.91 Å². The molecule has 4 heteroatoms. The van der Waals surface area contributed by atoms with Gasteiger partial charge in [-0.2, -0.15) is 0 Å². The average molecular weight is 367 g/mol. The summed E-state index contributed by atoms with van der Waals surface area (Å²) in [6.07, 6.45) is 2.10. The molecule has 0 bridgehead atoms. The number of piperidine rings is 1. The first-order chi connectivity index (χ1) is 13.0. The first-order valence-electron chi connectivity index (χ1n) is 9.34. The van der Waals surface area contributed by atoms with E-state index in [1.54, 1.807) is 19.2 Å². The summed E-state index contributed by atoms with van der Waals surface area (Å²) >= 11 is 0. The van der Waals surface area contributed by atoms with Crippen LogP contribution in [0.25, 0.3) is 5.57 Å². The van der Waals surface area contributed by atoms with E-state index in [-0.39, 0.29) is 11.7 Å². The molecule has 142 valence electrons. The van der Waals surface area contributed by atoms with E-state index < -0.39 is 0 Å². The van der Waals surface area contributed by atoms with Gasteiger partial charge < -0.3 is 9.64 Å². The van der Waals surface area contributed by atoms with E-state index in [0.717, 1.165) is 53.9 Å². The number of aryl methyl sites for hydroxylation is 1. The Labute approximate surface area is 160 Å². The molecule has 0 aliphatic carbocycles. The molecule has 2 aromatic rings. The predicted octanol–water partition coefficient (Wildman–Crippen LogP) is 4.64. The normalized spacial score (nSPS) is 14.9. The molecule has 1 fully saturated rings. The van der Waals surface area contributed by atoms with Gasteiger partial charge in [0, 0.05) is 18.7 Å². The van der Waals surface area contributed by atoms with Gasteiger partial charge in [-0.15, -0.1) is 0 Å². The minimum Gasteiger partial charge on any atom is -0.496 e. The van der Waals surface area contributed by atoms with Crippen molar-refractivity contribution in [3.63, 3.8) is 0 Å². The minimum atomic E-state index is -0.280. The topological polar surface area (TPSA) is 29.5 Å². The molecule has 2 aromatic carbocycles. The highest BCUT2D eigenvalue weighted by Gasteiger charge is 2.26.